The molecule has 0 atom stereocenters. The molecule has 0 radical (unpaired) electrons. The number of aromatic nitrogens is 3. The second kappa shape index (κ2) is 5.38. The molecule has 0 fully saturated rings. The van der Waals surface area contributed by atoms with E-state index in [1.165, 1.54) is 5.38 Å². The maximum absolute atomic E-state index is 13.5. The van der Waals surface area contributed by atoms with Crippen LogP contribution in [0.25, 0.3) is 5.13 Å². The zero-order chi connectivity index (χ0) is 15.9. The third-order valence-electron chi connectivity index (χ3n) is 3.57. The van der Waals surface area contributed by atoms with Crippen molar-refractivity contribution in [3.63, 3.8) is 0 Å². The Morgan fingerprint density at radius 3 is 2.64 bits per heavy atom. The molecule has 3 rings (SSSR count). The minimum absolute atomic E-state index is 0.0715. The molecule has 0 bridgehead atoms. The Labute approximate surface area is 127 Å². The molecule has 2 heterocycles. The Morgan fingerprint density at radius 2 is 2.00 bits per heavy atom. The van der Waals surface area contributed by atoms with Gasteiger partial charge >= 0.3 is 12.1 Å². The zero-order valence-corrected chi connectivity index (χ0v) is 12.2. The minimum atomic E-state index is -4.56. The standard InChI is InChI=1S/C13H12F3N3O2S/c14-13(15,16)10-7-4-2-1-3-5-8(7)18-19(10)12-17-9(6-22-12)11(20)21/h6H,1-5H2,(H,20,21). The van der Waals surface area contributed by atoms with Crippen molar-refractivity contribution in [1.29, 1.82) is 0 Å². The number of fused-ring (bicyclic) bond motifs is 1. The molecular formula is C13H12F3N3O2S. The molecule has 1 N–H and O–H groups in total. The monoisotopic (exact) mass is 331 g/mol. The van der Waals surface area contributed by atoms with Gasteiger partial charge in [-0.15, -0.1) is 11.3 Å². The van der Waals surface area contributed by atoms with Gasteiger partial charge in [0, 0.05) is 10.9 Å². The lowest BCUT2D eigenvalue weighted by atomic mass is 10.1. The number of alkyl halides is 3. The van der Waals surface area contributed by atoms with E-state index in [1.807, 2.05) is 0 Å². The number of carboxylic acid groups (broad SMARTS) is 1. The van der Waals surface area contributed by atoms with Crippen LogP contribution >= 0.6 is 11.3 Å². The number of nitrogens with zero attached hydrogens (tertiary/aromatic N) is 3. The summed E-state index contributed by atoms with van der Waals surface area (Å²) in [5.41, 5.74) is -0.441. The fourth-order valence-electron chi connectivity index (χ4n) is 2.62. The number of aromatic carboxylic acids is 1. The molecular weight excluding hydrogens is 319 g/mol. The van der Waals surface area contributed by atoms with Crippen molar-refractivity contribution < 1.29 is 23.1 Å². The van der Waals surface area contributed by atoms with E-state index >= 15 is 0 Å². The highest BCUT2D eigenvalue weighted by Crippen LogP contribution is 2.37. The van der Waals surface area contributed by atoms with Gasteiger partial charge in [-0.05, 0) is 25.7 Å². The number of carboxylic acids is 1. The van der Waals surface area contributed by atoms with Crippen LogP contribution in [-0.2, 0) is 19.0 Å². The maximum atomic E-state index is 13.5. The molecule has 1 aliphatic carbocycles. The Balaban J connectivity index is 2.16. The van der Waals surface area contributed by atoms with Crippen LogP contribution in [0, 0.1) is 0 Å². The van der Waals surface area contributed by atoms with E-state index in [0.29, 0.717) is 25.0 Å². The van der Waals surface area contributed by atoms with Crippen molar-refractivity contribution in [2.45, 2.75) is 38.3 Å². The van der Waals surface area contributed by atoms with E-state index in [2.05, 4.69) is 10.1 Å². The number of rotatable bonds is 2. The first kappa shape index (κ1) is 15.0. The number of carbonyl (C=O) groups is 1. The number of thiazole rings is 1. The van der Waals surface area contributed by atoms with Gasteiger partial charge in [0.25, 0.3) is 0 Å². The van der Waals surface area contributed by atoms with Gasteiger partial charge in [-0.25, -0.2) is 14.5 Å². The molecule has 22 heavy (non-hydrogen) atoms. The van der Waals surface area contributed by atoms with Gasteiger partial charge in [0.1, 0.15) is 0 Å². The van der Waals surface area contributed by atoms with Crippen molar-refractivity contribution >= 4 is 17.3 Å². The smallest absolute Gasteiger partial charge is 0.433 e. The third-order valence-corrected chi connectivity index (χ3v) is 4.38. The minimum Gasteiger partial charge on any atom is -0.476 e. The van der Waals surface area contributed by atoms with Crippen LogP contribution in [-0.4, -0.2) is 25.8 Å². The summed E-state index contributed by atoms with van der Waals surface area (Å²) in [4.78, 5) is 14.6. The summed E-state index contributed by atoms with van der Waals surface area (Å²) in [6.45, 7) is 0. The SMILES string of the molecule is O=C(O)c1csc(-n2nc3c(c2C(F)(F)F)CCCCC3)n1. The van der Waals surface area contributed by atoms with Crippen LogP contribution in [0.3, 0.4) is 0 Å². The Kier molecular flexibility index (Phi) is 3.67. The van der Waals surface area contributed by atoms with Crippen molar-refractivity contribution in [3.8, 4) is 5.13 Å². The molecule has 5 nitrogen and oxygen atoms in total. The van der Waals surface area contributed by atoms with Crippen molar-refractivity contribution in [3.05, 3.63) is 28.0 Å². The lowest BCUT2D eigenvalue weighted by Gasteiger charge is -2.10. The number of hydrogen-bond donors (Lipinski definition) is 1. The normalized spacial score (nSPS) is 15.4. The molecule has 0 saturated carbocycles. The molecule has 9 heteroatoms. The van der Waals surface area contributed by atoms with Crippen LogP contribution in [0.2, 0.25) is 0 Å². The van der Waals surface area contributed by atoms with E-state index < -0.39 is 17.8 Å². The van der Waals surface area contributed by atoms with Crippen molar-refractivity contribution in [2.24, 2.45) is 0 Å². The van der Waals surface area contributed by atoms with E-state index in [1.54, 1.807) is 0 Å². The summed E-state index contributed by atoms with van der Waals surface area (Å²) in [5, 5.41) is 14.1. The molecule has 2 aromatic rings. The van der Waals surface area contributed by atoms with E-state index in [4.69, 9.17) is 5.11 Å². The fourth-order valence-corrected chi connectivity index (χ4v) is 3.37. The summed E-state index contributed by atoms with van der Waals surface area (Å²) < 4.78 is 41.1. The van der Waals surface area contributed by atoms with E-state index in [9.17, 15) is 18.0 Å². The lowest BCUT2D eigenvalue weighted by Crippen LogP contribution is -2.15. The molecule has 0 unspecified atom stereocenters. The second-order valence-corrected chi connectivity index (χ2v) is 5.90. The molecule has 118 valence electrons. The highest BCUT2D eigenvalue weighted by molar-refractivity contribution is 7.12. The fraction of sp³-hybridized carbons (Fsp3) is 0.462. The van der Waals surface area contributed by atoms with Crippen LogP contribution in [0.4, 0.5) is 13.2 Å². The molecule has 0 spiro atoms. The van der Waals surface area contributed by atoms with Crippen LogP contribution in [0.5, 0.6) is 0 Å². The number of aryl methyl sites for hydroxylation is 1. The Morgan fingerprint density at radius 1 is 1.27 bits per heavy atom. The maximum Gasteiger partial charge on any atom is 0.433 e. The summed E-state index contributed by atoms with van der Waals surface area (Å²) in [6, 6.07) is 0. The van der Waals surface area contributed by atoms with Crippen molar-refractivity contribution in [2.75, 3.05) is 0 Å². The molecule has 0 saturated heterocycles. The van der Waals surface area contributed by atoms with Gasteiger partial charge < -0.3 is 5.11 Å². The van der Waals surface area contributed by atoms with Gasteiger partial charge in [0.2, 0.25) is 5.13 Å². The van der Waals surface area contributed by atoms with Gasteiger partial charge in [-0.2, -0.15) is 18.3 Å². The highest BCUT2D eigenvalue weighted by atomic mass is 32.1. The highest BCUT2D eigenvalue weighted by Gasteiger charge is 2.41. The average molecular weight is 331 g/mol. The van der Waals surface area contributed by atoms with Gasteiger partial charge in [0.05, 0.1) is 5.69 Å². The average Bonchev–Trinajstić information content (AvgIpc) is 2.98. The molecule has 0 aromatic carbocycles. The van der Waals surface area contributed by atoms with Gasteiger partial charge in [0.15, 0.2) is 11.4 Å². The van der Waals surface area contributed by atoms with Crippen LogP contribution < -0.4 is 0 Å². The molecule has 1 aliphatic rings. The third kappa shape index (κ3) is 2.60. The first-order valence-corrected chi connectivity index (χ1v) is 7.63. The lowest BCUT2D eigenvalue weighted by molar-refractivity contribution is -0.143. The van der Waals surface area contributed by atoms with Crippen LogP contribution in [0.15, 0.2) is 5.38 Å². The van der Waals surface area contributed by atoms with E-state index in [-0.39, 0.29) is 16.4 Å². The molecule has 0 amide bonds. The van der Waals surface area contributed by atoms with Crippen LogP contribution in [0.1, 0.15) is 46.7 Å². The first-order valence-electron chi connectivity index (χ1n) is 6.75. The molecule has 2 aromatic heterocycles. The molecule has 0 aliphatic heterocycles. The van der Waals surface area contributed by atoms with Gasteiger partial charge in [-0.1, -0.05) is 6.42 Å². The summed E-state index contributed by atoms with van der Waals surface area (Å²) in [5.74, 6) is -1.27. The summed E-state index contributed by atoms with van der Waals surface area (Å²) >= 11 is 0.838. The van der Waals surface area contributed by atoms with Gasteiger partial charge in [-0.3, -0.25) is 0 Å². The van der Waals surface area contributed by atoms with E-state index in [0.717, 1.165) is 28.9 Å². The first-order chi connectivity index (χ1) is 10.4. The second-order valence-electron chi connectivity index (χ2n) is 5.06. The number of halogens is 3. The Hall–Kier alpha value is -1.90. The number of hydrogen-bond acceptors (Lipinski definition) is 4. The predicted molar refractivity (Wildman–Crippen MR) is 72.5 cm³/mol. The quantitative estimate of drug-likeness (QED) is 0.857. The predicted octanol–water partition coefficient (Wildman–Crippen LogP) is 3.31. The van der Waals surface area contributed by atoms with Crippen molar-refractivity contribution in [1.82, 2.24) is 14.8 Å². The Bertz CT molecular complexity index is 721. The zero-order valence-electron chi connectivity index (χ0n) is 11.4. The largest absolute Gasteiger partial charge is 0.476 e. The topological polar surface area (TPSA) is 68.0 Å². The summed E-state index contributed by atoms with van der Waals surface area (Å²) in [6.07, 6.45) is -1.34. The summed E-state index contributed by atoms with van der Waals surface area (Å²) in [7, 11) is 0.